The Morgan fingerprint density at radius 2 is 1.95 bits per heavy atom. The van der Waals surface area contributed by atoms with Gasteiger partial charge in [-0.1, -0.05) is 0 Å². The van der Waals surface area contributed by atoms with Gasteiger partial charge in [-0.15, -0.1) is 0 Å². The van der Waals surface area contributed by atoms with Crippen LogP contribution >= 0.6 is 0 Å². The van der Waals surface area contributed by atoms with Gasteiger partial charge in [0.2, 0.25) is 0 Å². The standard InChI is InChI=1S/C11H15N3O5/c1-6(2)14(5-9(16)19-3)10(17)7-4-8(15)13-11(18)12-7/h4,6H,5H2,1-3H3,(H2,12,13,15,18). The van der Waals surface area contributed by atoms with E-state index in [9.17, 15) is 19.2 Å². The second-order valence-electron chi connectivity index (χ2n) is 4.10. The summed E-state index contributed by atoms with van der Waals surface area (Å²) in [6.45, 7) is 3.14. The molecule has 0 radical (unpaired) electrons. The quantitative estimate of drug-likeness (QED) is 0.687. The fourth-order valence-corrected chi connectivity index (χ4v) is 1.43. The summed E-state index contributed by atoms with van der Waals surface area (Å²) >= 11 is 0. The molecule has 0 unspecified atom stereocenters. The summed E-state index contributed by atoms with van der Waals surface area (Å²) in [6.07, 6.45) is 0. The molecule has 104 valence electrons. The van der Waals surface area contributed by atoms with Gasteiger partial charge in [-0.05, 0) is 13.8 Å². The molecule has 0 fully saturated rings. The number of hydrogen-bond donors (Lipinski definition) is 2. The molecular formula is C11H15N3O5. The number of H-pyrrole nitrogens is 2. The molecule has 0 saturated carbocycles. The minimum absolute atomic E-state index is 0.175. The van der Waals surface area contributed by atoms with Crippen molar-refractivity contribution in [3.63, 3.8) is 0 Å². The van der Waals surface area contributed by atoms with Gasteiger partial charge < -0.3 is 14.6 Å². The van der Waals surface area contributed by atoms with E-state index in [0.717, 1.165) is 6.07 Å². The summed E-state index contributed by atoms with van der Waals surface area (Å²) in [6, 6.07) is 0.672. The van der Waals surface area contributed by atoms with Crippen LogP contribution in [0.25, 0.3) is 0 Å². The molecule has 1 heterocycles. The van der Waals surface area contributed by atoms with Crippen LogP contribution in [0.2, 0.25) is 0 Å². The third kappa shape index (κ3) is 3.80. The van der Waals surface area contributed by atoms with Gasteiger partial charge in [0.15, 0.2) is 0 Å². The van der Waals surface area contributed by atoms with Crippen LogP contribution in [0.1, 0.15) is 24.3 Å². The molecule has 19 heavy (non-hydrogen) atoms. The van der Waals surface area contributed by atoms with Crippen molar-refractivity contribution in [1.82, 2.24) is 14.9 Å². The molecule has 0 atom stereocenters. The average Bonchev–Trinajstić information content (AvgIpc) is 2.33. The van der Waals surface area contributed by atoms with Crippen molar-refractivity contribution in [3.8, 4) is 0 Å². The molecule has 1 aromatic rings. The van der Waals surface area contributed by atoms with Crippen LogP contribution in [0.15, 0.2) is 15.7 Å². The minimum atomic E-state index is -0.780. The van der Waals surface area contributed by atoms with E-state index in [1.165, 1.54) is 12.0 Å². The lowest BCUT2D eigenvalue weighted by Crippen LogP contribution is -2.42. The first-order valence-corrected chi connectivity index (χ1v) is 5.56. The number of rotatable bonds is 4. The second kappa shape index (κ2) is 5.98. The lowest BCUT2D eigenvalue weighted by molar-refractivity contribution is -0.141. The van der Waals surface area contributed by atoms with E-state index in [1.807, 2.05) is 4.98 Å². The Bertz CT molecular complexity index is 558. The van der Waals surface area contributed by atoms with Crippen LogP contribution in [0.3, 0.4) is 0 Å². The van der Waals surface area contributed by atoms with Crippen molar-refractivity contribution in [2.24, 2.45) is 0 Å². The maximum atomic E-state index is 12.1. The van der Waals surface area contributed by atoms with E-state index in [0.29, 0.717) is 0 Å². The summed E-state index contributed by atoms with van der Waals surface area (Å²) in [5, 5.41) is 0. The van der Waals surface area contributed by atoms with E-state index in [2.05, 4.69) is 9.72 Å². The Morgan fingerprint density at radius 3 is 2.42 bits per heavy atom. The largest absolute Gasteiger partial charge is 0.468 e. The lowest BCUT2D eigenvalue weighted by Gasteiger charge is -2.25. The van der Waals surface area contributed by atoms with Crippen molar-refractivity contribution >= 4 is 11.9 Å². The van der Waals surface area contributed by atoms with Crippen molar-refractivity contribution in [3.05, 3.63) is 32.6 Å². The van der Waals surface area contributed by atoms with Crippen molar-refractivity contribution in [2.75, 3.05) is 13.7 Å². The topological polar surface area (TPSA) is 112 Å². The number of methoxy groups -OCH3 is 1. The van der Waals surface area contributed by atoms with Crippen LogP contribution in [-0.4, -0.2) is 46.4 Å². The summed E-state index contributed by atoms with van der Waals surface area (Å²) in [5.41, 5.74) is -1.64. The van der Waals surface area contributed by atoms with Gasteiger partial charge in [-0.2, -0.15) is 0 Å². The summed E-state index contributed by atoms with van der Waals surface area (Å²) in [7, 11) is 1.21. The number of nitrogens with one attached hydrogen (secondary N) is 2. The molecule has 0 aliphatic carbocycles. The monoisotopic (exact) mass is 269 g/mol. The Balaban J connectivity index is 3.09. The number of nitrogens with zero attached hydrogens (tertiary/aromatic N) is 1. The fraction of sp³-hybridized carbons (Fsp3) is 0.455. The molecule has 1 aromatic heterocycles. The highest BCUT2D eigenvalue weighted by atomic mass is 16.5. The molecule has 0 aromatic carbocycles. The van der Waals surface area contributed by atoms with Gasteiger partial charge in [-0.3, -0.25) is 19.4 Å². The number of hydrogen-bond acceptors (Lipinski definition) is 5. The summed E-state index contributed by atoms with van der Waals surface area (Å²) < 4.78 is 4.49. The molecule has 1 rings (SSSR count). The lowest BCUT2D eigenvalue weighted by atomic mass is 10.2. The minimum Gasteiger partial charge on any atom is -0.468 e. The Kier molecular flexibility index (Phi) is 4.62. The zero-order valence-corrected chi connectivity index (χ0v) is 10.9. The van der Waals surface area contributed by atoms with Crippen LogP contribution in [0.5, 0.6) is 0 Å². The number of amides is 1. The highest BCUT2D eigenvalue weighted by molar-refractivity contribution is 5.94. The van der Waals surface area contributed by atoms with Crippen molar-refractivity contribution in [2.45, 2.75) is 19.9 Å². The normalized spacial score (nSPS) is 10.3. The molecule has 8 heteroatoms. The maximum Gasteiger partial charge on any atom is 0.326 e. The first kappa shape index (κ1) is 14.7. The zero-order chi connectivity index (χ0) is 14.6. The van der Waals surface area contributed by atoms with E-state index in [4.69, 9.17) is 0 Å². The SMILES string of the molecule is COC(=O)CN(C(=O)c1cc(=O)[nH]c(=O)[nH]1)C(C)C. The van der Waals surface area contributed by atoms with Gasteiger partial charge in [0, 0.05) is 12.1 Å². The Hall–Kier alpha value is -2.38. The molecular weight excluding hydrogens is 254 g/mol. The van der Waals surface area contributed by atoms with Gasteiger partial charge in [0.25, 0.3) is 11.5 Å². The molecule has 0 bridgehead atoms. The predicted octanol–water partition coefficient (Wildman–Crippen LogP) is -0.913. The zero-order valence-electron chi connectivity index (χ0n) is 10.9. The van der Waals surface area contributed by atoms with Gasteiger partial charge in [0.1, 0.15) is 12.2 Å². The van der Waals surface area contributed by atoms with Crippen LogP contribution in [-0.2, 0) is 9.53 Å². The highest BCUT2D eigenvalue weighted by Crippen LogP contribution is 2.04. The highest BCUT2D eigenvalue weighted by Gasteiger charge is 2.23. The molecule has 0 saturated heterocycles. The number of carbonyl (C=O) groups excluding carboxylic acids is 2. The number of aromatic amines is 2. The molecule has 2 N–H and O–H groups in total. The third-order valence-electron chi connectivity index (χ3n) is 2.40. The average molecular weight is 269 g/mol. The number of aromatic nitrogens is 2. The van der Waals surface area contributed by atoms with Crippen LogP contribution in [0.4, 0.5) is 0 Å². The van der Waals surface area contributed by atoms with Crippen LogP contribution in [0, 0.1) is 0 Å². The number of carbonyl (C=O) groups is 2. The fourth-order valence-electron chi connectivity index (χ4n) is 1.43. The van der Waals surface area contributed by atoms with Crippen molar-refractivity contribution in [1.29, 1.82) is 0 Å². The van der Waals surface area contributed by atoms with Gasteiger partial charge >= 0.3 is 11.7 Å². The molecule has 0 aliphatic heterocycles. The van der Waals surface area contributed by atoms with E-state index >= 15 is 0 Å². The van der Waals surface area contributed by atoms with E-state index in [1.54, 1.807) is 13.8 Å². The Labute approximate surface area is 108 Å². The molecule has 0 aliphatic rings. The predicted molar refractivity (Wildman–Crippen MR) is 65.9 cm³/mol. The van der Waals surface area contributed by atoms with Gasteiger partial charge in [0.05, 0.1) is 7.11 Å². The maximum absolute atomic E-state index is 12.1. The summed E-state index contributed by atoms with van der Waals surface area (Å²) in [4.78, 5) is 51.0. The van der Waals surface area contributed by atoms with E-state index in [-0.39, 0.29) is 18.3 Å². The molecule has 0 spiro atoms. The number of ether oxygens (including phenoxy) is 1. The van der Waals surface area contributed by atoms with Crippen molar-refractivity contribution < 1.29 is 14.3 Å². The molecule has 8 nitrogen and oxygen atoms in total. The third-order valence-corrected chi connectivity index (χ3v) is 2.40. The first-order chi connectivity index (χ1) is 8.85. The van der Waals surface area contributed by atoms with Crippen LogP contribution < -0.4 is 11.2 Å². The number of esters is 1. The second-order valence-corrected chi connectivity index (χ2v) is 4.10. The van der Waals surface area contributed by atoms with E-state index < -0.39 is 23.1 Å². The summed E-state index contributed by atoms with van der Waals surface area (Å²) in [5.74, 6) is -1.21. The smallest absolute Gasteiger partial charge is 0.326 e. The Morgan fingerprint density at radius 1 is 1.32 bits per heavy atom. The molecule has 1 amide bonds. The first-order valence-electron chi connectivity index (χ1n) is 5.56. The van der Waals surface area contributed by atoms with Gasteiger partial charge in [-0.25, -0.2) is 4.79 Å².